The zero-order chi connectivity index (χ0) is 20.3. The minimum absolute atomic E-state index is 0.0178. The number of amides is 1. The zero-order valence-electron chi connectivity index (χ0n) is 14.7. The maximum absolute atomic E-state index is 12.6. The van der Waals surface area contributed by atoms with Crippen molar-refractivity contribution in [3.8, 4) is 11.3 Å². The van der Waals surface area contributed by atoms with E-state index in [0.29, 0.717) is 20.9 Å². The fourth-order valence-electron chi connectivity index (χ4n) is 2.66. The van der Waals surface area contributed by atoms with Crippen molar-refractivity contribution < 1.29 is 9.72 Å². The van der Waals surface area contributed by atoms with E-state index >= 15 is 0 Å². The number of carbonyl (C=O) groups excluding carboxylic acids is 1. The van der Waals surface area contributed by atoms with E-state index in [1.165, 1.54) is 29.5 Å². The molecule has 1 heterocycles. The molecule has 0 bridgehead atoms. The number of nitrogens with zero attached hydrogens (tertiary/aromatic N) is 2. The first-order valence-corrected chi connectivity index (χ1v) is 9.97. The second kappa shape index (κ2) is 8.68. The SMILES string of the molecule is CCCc1sc(NC(=O)c2ccccc2[N+](=O)[O-])nc1-c1ccc(Cl)c(Cl)c1. The maximum Gasteiger partial charge on any atom is 0.282 e. The van der Waals surface area contributed by atoms with Crippen molar-refractivity contribution in [1.82, 2.24) is 4.98 Å². The first-order valence-electron chi connectivity index (χ1n) is 8.40. The molecule has 0 radical (unpaired) electrons. The molecule has 0 aliphatic heterocycles. The van der Waals surface area contributed by atoms with Crippen LogP contribution in [0.2, 0.25) is 10.0 Å². The molecular weight excluding hydrogens is 421 g/mol. The third-order valence-corrected chi connectivity index (χ3v) is 5.70. The highest BCUT2D eigenvalue weighted by Crippen LogP contribution is 2.35. The number of rotatable bonds is 6. The van der Waals surface area contributed by atoms with Gasteiger partial charge in [0.1, 0.15) is 5.56 Å². The molecule has 6 nitrogen and oxygen atoms in total. The van der Waals surface area contributed by atoms with Gasteiger partial charge in [-0.3, -0.25) is 20.2 Å². The van der Waals surface area contributed by atoms with Gasteiger partial charge >= 0.3 is 0 Å². The molecule has 3 rings (SSSR count). The minimum Gasteiger partial charge on any atom is -0.298 e. The van der Waals surface area contributed by atoms with Gasteiger partial charge in [0.2, 0.25) is 0 Å². The van der Waals surface area contributed by atoms with Crippen LogP contribution in [0.25, 0.3) is 11.3 Å². The smallest absolute Gasteiger partial charge is 0.282 e. The summed E-state index contributed by atoms with van der Waals surface area (Å²) in [7, 11) is 0. The fraction of sp³-hybridized carbons (Fsp3) is 0.158. The van der Waals surface area contributed by atoms with Crippen LogP contribution in [0.15, 0.2) is 42.5 Å². The molecule has 0 spiro atoms. The lowest BCUT2D eigenvalue weighted by molar-refractivity contribution is -0.385. The van der Waals surface area contributed by atoms with E-state index in [2.05, 4.69) is 10.3 Å². The van der Waals surface area contributed by atoms with Gasteiger partial charge in [0, 0.05) is 16.5 Å². The molecule has 0 saturated carbocycles. The molecule has 3 aromatic rings. The van der Waals surface area contributed by atoms with E-state index in [4.69, 9.17) is 23.2 Å². The summed E-state index contributed by atoms with van der Waals surface area (Å²) in [4.78, 5) is 28.6. The molecule has 0 saturated heterocycles. The molecule has 0 aliphatic carbocycles. The van der Waals surface area contributed by atoms with E-state index in [1.54, 1.807) is 18.2 Å². The second-order valence-corrected chi connectivity index (χ2v) is 7.80. The van der Waals surface area contributed by atoms with Crippen LogP contribution in [0.5, 0.6) is 0 Å². The Labute approximate surface area is 175 Å². The van der Waals surface area contributed by atoms with Crippen molar-refractivity contribution in [3.05, 3.63) is 73.1 Å². The Morgan fingerprint density at radius 2 is 1.96 bits per heavy atom. The number of para-hydroxylation sites is 1. The van der Waals surface area contributed by atoms with Gasteiger partial charge in [0.05, 0.1) is 20.7 Å². The number of halogens is 2. The third kappa shape index (κ3) is 4.32. The summed E-state index contributed by atoms with van der Waals surface area (Å²) in [6.45, 7) is 2.05. The van der Waals surface area contributed by atoms with Gasteiger partial charge in [0.25, 0.3) is 11.6 Å². The van der Waals surface area contributed by atoms with Crippen LogP contribution in [0.4, 0.5) is 10.8 Å². The molecule has 0 atom stereocenters. The van der Waals surface area contributed by atoms with E-state index in [0.717, 1.165) is 23.3 Å². The van der Waals surface area contributed by atoms with Crippen LogP contribution in [-0.4, -0.2) is 15.8 Å². The first kappa shape index (κ1) is 20.3. The number of thiazole rings is 1. The van der Waals surface area contributed by atoms with Crippen molar-refractivity contribution in [2.45, 2.75) is 19.8 Å². The first-order chi connectivity index (χ1) is 13.4. The zero-order valence-corrected chi connectivity index (χ0v) is 17.1. The highest BCUT2D eigenvalue weighted by molar-refractivity contribution is 7.16. The normalized spacial score (nSPS) is 10.7. The maximum atomic E-state index is 12.6. The molecule has 0 unspecified atom stereocenters. The van der Waals surface area contributed by atoms with E-state index in [9.17, 15) is 14.9 Å². The Morgan fingerprint density at radius 1 is 1.21 bits per heavy atom. The lowest BCUT2D eigenvalue weighted by atomic mass is 10.1. The molecule has 1 aromatic heterocycles. The largest absolute Gasteiger partial charge is 0.298 e. The van der Waals surface area contributed by atoms with Gasteiger partial charge in [-0.25, -0.2) is 4.98 Å². The van der Waals surface area contributed by atoms with Crippen molar-refractivity contribution in [1.29, 1.82) is 0 Å². The summed E-state index contributed by atoms with van der Waals surface area (Å²) in [6.07, 6.45) is 1.67. The number of aryl methyl sites for hydroxylation is 1. The summed E-state index contributed by atoms with van der Waals surface area (Å²) in [6, 6.07) is 11.0. The van der Waals surface area contributed by atoms with Crippen molar-refractivity contribution in [2.75, 3.05) is 5.32 Å². The number of nitrogens with one attached hydrogen (secondary N) is 1. The number of nitro benzene ring substituents is 1. The van der Waals surface area contributed by atoms with Gasteiger partial charge in [-0.1, -0.05) is 54.7 Å². The Balaban J connectivity index is 1.94. The summed E-state index contributed by atoms with van der Waals surface area (Å²) in [5.41, 5.74) is 1.23. The van der Waals surface area contributed by atoms with Crippen molar-refractivity contribution in [2.24, 2.45) is 0 Å². The number of anilines is 1. The Bertz CT molecular complexity index is 1050. The molecule has 28 heavy (non-hydrogen) atoms. The van der Waals surface area contributed by atoms with Crippen LogP contribution < -0.4 is 5.32 Å². The quantitative estimate of drug-likeness (QED) is 0.367. The molecule has 144 valence electrons. The number of aromatic nitrogens is 1. The highest BCUT2D eigenvalue weighted by Gasteiger charge is 2.21. The fourth-order valence-corrected chi connectivity index (χ4v) is 4.04. The van der Waals surface area contributed by atoms with Gasteiger partial charge in [-0.05, 0) is 24.6 Å². The molecule has 1 amide bonds. The molecule has 0 fully saturated rings. The van der Waals surface area contributed by atoms with E-state index in [-0.39, 0.29) is 11.3 Å². The van der Waals surface area contributed by atoms with Crippen molar-refractivity contribution in [3.63, 3.8) is 0 Å². The summed E-state index contributed by atoms with van der Waals surface area (Å²) in [5.74, 6) is -0.579. The molecule has 1 N–H and O–H groups in total. The third-order valence-electron chi connectivity index (χ3n) is 3.93. The Hall–Kier alpha value is -2.48. The number of hydrogen-bond donors (Lipinski definition) is 1. The molecule has 0 aliphatic rings. The van der Waals surface area contributed by atoms with E-state index < -0.39 is 10.8 Å². The number of carbonyl (C=O) groups is 1. The topological polar surface area (TPSA) is 85.1 Å². The van der Waals surface area contributed by atoms with Gasteiger partial charge in [-0.15, -0.1) is 11.3 Å². The minimum atomic E-state index is -0.583. The standard InChI is InChI=1S/C19H15Cl2N3O3S/c1-2-5-16-17(11-8-9-13(20)14(21)10-11)22-19(28-16)23-18(25)12-6-3-4-7-15(12)24(26)27/h3-4,6-10H,2,5H2,1H3,(H,22,23,25). The molecular formula is C19H15Cl2N3O3S. The Kier molecular flexibility index (Phi) is 6.28. The number of nitro groups is 1. The summed E-state index contributed by atoms with van der Waals surface area (Å²) >= 11 is 13.4. The monoisotopic (exact) mass is 435 g/mol. The molecule has 2 aromatic carbocycles. The van der Waals surface area contributed by atoms with Crippen LogP contribution in [-0.2, 0) is 6.42 Å². The highest BCUT2D eigenvalue weighted by atomic mass is 35.5. The Morgan fingerprint density at radius 3 is 2.64 bits per heavy atom. The molecule has 9 heteroatoms. The van der Waals surface area contributed by atoms with Crippen LogP contribution in [0.3, 0.4) is 0 Å². The van der Waals surface area contributed by atoms with Crippen LogP contribution in [0.1, 0.15) is 28.6 Å². The predicted octanol–water partition coefficient (Wildman–Crippen LogP) is 6.23. The van der Waals surface area contributed by atoms with Crippen LogP contribution in [0, 0.1) is 10.1 Å². The summed E-state index contributed by atoms with van der Waals surface area (Å²) < 4.78 is 0. The average molecular weight is 436 g/mol. The van der Waals surface area contributed by atoms with Gasteiger partial charge in [0.15, 0.2) is 5.13 Å². The van der Waals surface area contributed by atoms with E-state index in [1.807, 2.05) is 13.0 Å². The lowest BCUT2D eigenvalue weighted by Gasteiger charge is -2.03. The lowest BCUT2D eigenvalue weighted by Crippen LogP contribution is -2.13. The number of hydrogen-bond acceptors (Lipinski definition) is 5. The van der Waals surface area contributed by atoms with Gasteiger partial charge < -0.3 is 0 Å². The summed E-state index contributed by atoms with van der Waals surface area (Å²) in [5, 5.41) is 15.1. The van der Waals surface area contributed by atoms with Crippen LogP contribution >= 0.6 is 34.5 Å². The van der Waals surface area contributed by atoms with Crippen molar-refractivity contribution >= 4 is 51.3 Å². The van der Waals surface area contributed by atoms with Gasteiger partial charge in [-0.2, -0.15) is 0 Å². The second-order valence-electron chi connectivity index (χ2n) is 5.90. The number of benzene rings is 2. The predicted molar refractivity (Wildman–Crippen MR) is 113 cm³/mol. The average Bonchev–Trinajstić information content (AvgIpc) is 3.06.